The zero-order valence-corrected chi connectivity index (χ0v) is 19.1. The molecule has 4 unspecified atom stereocenters. The lowest BCUT2D eigenvalue weighted by Gasteiger charge is -2.54. The van der Waals surface area contributed by atoms with Crippen molar-refractivity contribution < 1.29 is 10.0 Å². The molecule has 5 heterocycles. The van der Waals surface area contributed by atoms with Gasteiger partial charge in [-0.15, -0.1) is 0 Å². The first kappa shape index (κ1) is 21.8. The Labute approximate surface area is 202 Å². The van der Waals surface area contributed by atoms with E-state index in [1.54, 1.807) is 24.4 Å². The van der Waals surface area contributed by atoms with Gasteiger partial charge in [-0.2, -0.15) is 0 Å². The second-order valence-electron chi connectivity index (χ2n) is 9.67. The Morgan fingerprint density at radius 2 is 2.06 bits per heavy atom. The normalized spacial score (nSPS) is 24.1. The molecular formula is C26H26N5O4-. The maximum Gasteiger partial charge on any atom is 0.250 e. The van der Waals surface area contributed by atoms with E-state index in [0.717, 1.165) is 29.1 Å². The summed E-state index contributed by atoms with van der Waals surface area (Å²) in [5.41, 5.74) is 3.80. The molecule has 1 saturated heterocycles. The molecule has 9 nitrogen and oxygen atoms in total. The fourth-order valence-electron chi connectivity index (χ4n) is 6.27. The minimum absolute atomic E-state index is 0.00105. The number of nitrogens with zero attached hydrogens (tertiary/aromatic N) is 4. The van der Waals surface area contributed by atoms with Crippen molar-refractivity contribution >= 4 is 17.3 Å². The van der Waals surface area contributed by atoms with Gasteiger partial charge in [0.1, 0.15) is 0 Å². The van der Waals surface area contributed by atoms with Crippen LogP contribution in [-0.2, 0) is 24.3 Å². The van der Waals surface area contributed by atoms with Gasteiger partial charge in [-0.25, -0.2) is 0 Å². The smallest absolute Gasteiger partial charge is 0.250 e. The molecule has 2 bridgehead atoms. The van der Waals surface area contributed by atoms with Crippen LogP contribution in [0.15, 0.2) is 65.6 Å². The minimum Gasteiger partial charge on any atom is -0.733 e. The van der Waals surface area contributed by atoms with Crippen LogP contribution in [-0.4, -0.2) is 33.3 Å². The summed E-state index contributed by atoms with van der Waals surface area (Å²) < 4.78 is 1.87. The van der Waals surface area contributed by atoms with E-state index < -0.39 is 0 Å². The lowest BCUT2D eigenvalue weighted by molar-refractivity contribution is -0.126. The molecule has 0 radical (unpaired) electrons. The topological polar surface area (TPSA) is 114 Å². The molecule has 2 aromatic heterocycles. The summed E-state index contributed by atoms with van der Waals surface area (Å²) >= 11 is 0. The Morgan fingerprint density at radius 1 is 1.17 bits per heavy atom. The highest BCUT2D eigenvalue weighted by Gasteiger charge is 2.49. The van der Waals surface area contributed by atoms with Crippen molar-refractivity contribution in [1.82, 2.24) is 14.9 Å². The van der Waals surface area contributed by atoms with E-state index in [1.165, 1.54) is 0 Å². The third-order valence-electron chi connectivity index (χ3n) is 7.72. The molecule has 1 fully saturated rings. The standard InChI is InChI=1S/C26H26N5O4/c32-24-6-3-5-22-17-10-18(15-29(22)24)25-21(26(33)28-13-19-4-1-2-9-27-19)12-16-11-20(31(34)35)7-8-23(16)30(25)14-17/h1-9,11,17-18,21,25,34H,10,12-15H2,(H,28,33)/q-1. The molecule has 3 aliphatic rings. The minimum atomic E-state index is -0.368. The monoisotopic (exact) mass is 472 g/mol. The first-order valence-corrected chi connectivity index (χ1v) is 11.9. The van der Waals surface area contributed by atoms with Crippen molar-refractivity contribution in [3.63, 3.8) is 0 Å². The number of nitrogens with one attached hydrogen (secondary N) is 1. The van der Waals surface area contributed by atoms with Gasteiger partial charge in [-0.1, -0.05) is 12.1 Å². The number of aromatic nitrogens is 2. The SMILES string of the molecule is O=C(NCc1ccccn1)C1Cc2cc(N([O-])O)ccc2N2CC3CC(Cn4c3cccc4=O)C12. The first-order chi connectivity index (χ1) is 17.0. The number of hydrogen-bond donors (Lipinski definition) is 2. The molecule has 180 valence electrons. The Balaban J connectivity index is 1.38. The van der Waals surface area contributed by atoms with E-state index in [4.69, 9.17) is 0 Å². The van der Waals surface area contributed by atoms with Crippen LogP contribution < -0.4 is 21.0 Å². The van der Waals surface area contributed by atoms with Gasteiger partial charge in [-0.05, 0) is 60.7 Å². The van der Waals surface area contributed by atoms with Crippen molar-refractivity contribution in [1.29, 1.82) is 0 Å². The van der Waals surface area contributed by atoms with E-state index in [1.807, 2.05) is 41.0 Å². The van der Waals surface area contributed by atoms with E-state index in [-0.39, 0.29) is 46.2 Å². The molecule has 35 heavy (non-hydrogen) atoms. The van der Waals surface area contributed by atoms with Gasteiger partial charge in [0.05, 0.1) is 23.8 Å². The summed E-state index contributed by atoms with van der Waals surface area (Å²) in [6.45, 7) is 1.59. The van der Waals surface area contributed by atoms with Gasteiger partial charge >= 0.3 is 0 Å². The highest BCUT2D eigenvalue weighted by molar-refractivity contribution is 5.82. The fraction of sp³-hybridized carbons (Fsp3) is 0.346. The van der Waals surface area contributed by atoms with Crippen LogP contribution in [0.4, 0.5) is 11.4 Å². The van der Waals surface area contributed by atoms with Gasteiger partial charge in [0.25, 0.3) is 5.56 Å². The van der Waals surface area contributed by atoms with Crippen LogP contribution in [0.1, 0.15) is 29.3 Å². The van der Waals surface area contributed by atoms with Crippen LogP contribution in [0, 0.1) is 17.0 Å². The maximum absolute atomic E-state index is 13.6. The molecule has 3 aromatic rings. The lowest BCUT2D eigenvalue weighted by atomic mass is 9.70. The van der Waals surface area contributed by atoms with Gasteiger partial charge in [0.15, 0.2) is 0 Å². The second kappa shape index (κ2) is 8.51. The number of carbonyl (C=O) groups excluding carboxylic acids is 1. The number of anilines is 2. The first-order valence-electron chi connectivity index (χ1n) is 11.9. The van der Waals surface area contributed by atoms with E-state index in [2.05, 4.69) is 15.2 Å². The summed E-state index contributed by atoms with van der Waals surface area (Å²) in [4.78, 5) is 32.8. The Morgan fingerprint density at radius 3 is 2.86 bits per heavy atom. The summed E-state index contributed by atoms with van der Waals surface area (Å²) in [6, 6.07) is 16.1. The van der Waals surface area contributed by atoms with E-state index in [0.29, 0.717) is 26.1 Å². The van der Waals surface area contributed by atoms with Crippen molar-refractivity contribution in [2.75, 3.05) is 16.7 Å². The lowest BCUT2D eigenvalue weighted by Crippen LogP contribution is -2.61. The third kappa shape index (κ3) is 3.77. The number of pyridine rings is 2. The number of hydrogen-bond acceptors (Lipinski definition) is 7. The van der Waals surface area contributed by atoms with Gasteiger partial charge < -0.3 is 25.2 Å². The van der Waals surface area contributed by atoms with Crippen molar-refractivity contribution in [3.8, 4) is 0 Å². The summed E-state index contributed by atoms with van der Waals surface area (Å²) in [7, 11) is 0. The van der Waals surface area contributed by atoms with Crippen molar-refractivity contribution in [3.05, 3.63) is 93.3 Å². The number of carbonyl (C=O) groups is 1. The summed E-state index contributed by atoms with van der Waals surface area (Å²) in [5.74, 6) is -0.134. The zero-order chi connectivity index (χ0) is 24.1. The van der Waals surface area contributed by atoms with Crippen LogP contribution in [0.2, 0.25) is 0 Å². The Bertz CT molecular complexity index is 1320. The molecule has 0 aliphatic carbocycles. The Hall–Kier alpha value is -3.69. The number of fused-ring (bicyclic) bond motifs is 8. The molecule has 9 heteroatoms. The molecule has 2 N–H and O–H groups in total. The maximum atomic E-state index is 13.6. The average molecular weight is 473 g/mol. The molecule has 1 amide bonds. The van der Waals surface area contributed by atoms with Crippen LogP contribution >= 0.6 is 0 Å². The number of benzene rings is 1. The number of piperidine rings is 1. The zero-order valence-electron chi connectivity index (χ0n) is 19.1. The van der Waals surface area contributed by atoms with Crippen molar-refractivity contribution in [2.45, 2.75) is 37.9 Å². The molecule has 1 aromatic carbocycles. The molecule has 0 saturated carbocycles. The quantitative estimate of drug-likeness (QED) is 0.561. The van der Waals surface area contributed by atoms with E-state index in [9.17, 15) is 20.0 Å². The van der Waals surface area contributed by atoms with E-state index >= 15 is 0 Å². The molecule has 4 atom stereocenters. The highest BCUT2D eigenvalue weighted by atomic mass is 16.8. The molecule has 6 rings (SSSR count). The Kier molecular flexibility index (Phi) is 5.31. The fourth-order valence-corrected chi connectivity index (χ4v) is 6.27. The predicted octanol–water partition coefficient (Wildman–Crippen LogP) is 2.42. The summed E-state index contributed by atoms with van der Waals surface area (Å²) in [6.07, 6.45) is 3.07. The largest absolute Gasteiger partial charge is 0.733 e. The van der Waals surface area contributed by atoms with Crippen LogP contribution in [0.3, 0.4) is 0 Å². The average Bonchev–Trinajstić information content (AvgIpc) is 2.87. The van der Waals surface area contributed by atoms with Gasteiger partial charge in [0.2, 0.25) is 5.91 Å². The third-order valence-corrected chi connectivity index (χ3v) is 7.72. The molecule has 0 spiro atoms. The molecule has 3 aliphatic heterocycles. The van der Waals surface area contributed by atoms with Crippen molar-refractivity contribution in [2.24, 2.45) is 11.8 Å². The summed E-state index contributed by atoms with van der Waals surface area (Å²) in [5, 5.41) is 23.9. The number of rotatable bonds is 4. The second-order valence-corrected chi connectivity index (χ2v) is 9.67. The number of amides is 1. The van der Waals surface area contributed by atoms with Crippen LogP contribution in [0.5, 0.6) is 0 Å². The predicted molar refractivity (Wildman–Crippen MR) is 130 cm³/mol. The van der Waals surface area contributed by atoms with Crippen LogP contribution in [0.25, 0.3) is 0 Å². The van der Waals surface area contributed by atoms with Gasteiger partial charge in [0, 0.05) is 48.7 Å². The van der Waals surface area contributed by atoms with Gasteiger partial charge in [-0.3, -0.25) is 19.8 Å². The molecular weight excluding hydrogens is 446 g/mol. The highest BCUT2D eigenvalue weighted by Crippen LogP contribution is 2.47.